The second kappa shape index (κ2) is 8.19. The van der Waals surface area contributed by atoms with E-state index in [-0.39, 0.29) is 16.9 Å². The average molecular weight is 358 g/mol. The molecular formula is C20H18N6O. The minimum absolute atomic E-state index is 0.0429. The van der Waals surface area contributed by atoms with Gasteiger partial charge in [0.25, 0.3) is 0 Å². The second-order valence-electron chi connectivity index (χ2n) is 6.18. The van der Waals surface area contributed by atoms with Gasteiger partial charge in [-0.05, 0) is 12.0 Å². The first-order valence-corrected chi connectivity index (χ1v) is 8.59. The van der Waals surface area contributed by atoms with Crippen molar-refractivity contribution in [2.75, 3.05) is 36.9 Å². The Morgan fingerprint density at radius 3 is 2.33 bits per heavy atom. The molecule has 2 heterocycles. The fourth-order valence-corrected chi connectivity index (χ4v) is 3.25. The third-order valence-electron chi connectivity index (χ3n) is 4.57. The van der Waals surface area contributed by atoms with Crippen molar-refractivity contribution in [1.29, 1.82) is 15.8 Å². The fraction of sp³-hybridized carbons (Fsp3) is 0.300. The van der Waals surface area contributed by atoms with Gasteiger partial charge >= 0.3 is 0 Å². The lowest BCUT2D eigenvalue weighted by atomic mass is 9.87. The zero-order chi connectivity index (χ0) is 19.2. The van der Waals surface area contributed by atoms with Gasteiger partial charge < -0.3 is 15.4 Å². The van der Waals surface area contributed by atoms with E-state index in [1.807, 2.05) is 41.3 Å². The Morgan fingerprint density at radius 1 is 1.07 bits per heavy atom. The number of rotatable bonds is 4. The molecule has 3 rings (SSSR count). The molecule has 0 radical (unpaired) electrons. The Hall–Kier alpha value is -3.60. The number of nitrogens with zero attached hydrogens (tertiary/aromatic N) is 5. The lowest BCUT2D eigenvalue weighted by Gasteiger charge is -2.30. The van der Waals surface area contributed by atoms with Crippen molar-refractivity contribution in [3.05, 3.63) is 52.6 Å². The first-order valence-electron chi connectivity index (χ1n) is 8.59. The third kappa shape index (κ3) is 3.67. The molecule has 1 aromatic heterocycles. The molecule has 7 heteroatoms. The van der Waals surface area contributed by atoms with Crippen molar-refractivity contribution in [2.45, 2.75) is 12.3 Å². The molecule has 1 saturated heterocycles. The van der Waals surface area contributed by atoms with Crippen molar-refractivity contribution in [1.82, 2.24) is 4.98 Å². The molecule has 1 aliphatic heterocycles. The first-order chi connectivity index (χ1) is 13.2. The van der Waals surface area contributed by atoms with Crippen LogP contribution < -0.4 is 10.6 Å². The lowest BCUT2D eigenvalue weighted by Crippen LogP contribution is -2.37. The summed E-state index contributed by atoms with van der Waals surface area (Å²) in [5.74, 6) is -0.219. The Kier molecular flexibility index (Phi) is 5.52. The highest BCUT2D eigenvalue weighted by atomic mass is 16.5. The molecule has 0 bridgehead atoms. The van der Waals surface area contributed by atoms with E-state index < -0.39 is 5.92 Å². The van der Waals surface area contributed by atoms with Crippen molar-refractivity contribution in [3.63, 3.8) is 0 Å². The highest BCUT2D eigenvalue weighted by Gasteiger charge is 2.28. The standard InChI is InChI=1S/C20H18N6O/c21-11-15(10-14-4-2-1-3-5-14)18-16(12-22)19(24)25-20(17(18)13-23)26-6-8-27-9-7-26/h1-5,15H,6-10H2,(H2,24,25). The van der Waals surface area contributed by atoms with Crippen LogP contribution >= 0.6 is 0 Å². The molecule has 2 N–H and O–H groups in total. The van der Waals surface area contributed by atoms with Gasteiger partial charge in [-0.3, -0.25) is 0 Å². The van der Waals surface area contributed by atoms with Crippen LogP contribution in [0.15, 0.2) is 30.3 Å². The smallest absolute Gasteiger partial charge is 0.149 e. The Bertz CT molecular complexity index is 946. The number of morpholine rings is 1. The number of nitriles is 3. The molecule has 0 saturated carbocycles. The minimum Gasteiger partial charge on any atom is -0.383 e. The quantitative estimate of drug-likeness (QED) is 0.887. The Morgan fingerprint density at radius 2 is 1.74 bits per heavy atom. The molecule has 1 aromatic carbocycles. The van der Waals surface area contributed by atoms with Gasteiger partial charge in [-0.25, -0.2) is 4.98 Å². The Labute approximate surface area is 157 Å². The molecular weight excluding hydrogens is 340 g/mol. The van der Waals surface area contributed by atoms with Crippen LogP contribution in [0.2, 0.25) is 0 Å². The van der Waals surface area contributed by atoms with Gasteiger partial charge in [0.05, 0.1) is 25.2 Å². The van der Waals surface area contributed by atoms with E-state index in [0.29, 0.717) is 44.1 Å². The van der Waals surface area contributed by atoms with Crippen LogP contribution in [0.4, 0.5) is 11.6 Å². The summed E-state index contributed by atoms with van der Waals surface area (Å²) in [7, 11) is 0. The zero-order valence-electron chi connectivity index (χ0n) is 14.7. The first kappa shape index (κ1) is 18.2. The second-order valence-corrected chi connectivity index (χ2v) is 6.18. The topological polar surface area (TPSA) is 123 Å². The molecule has 7 nitrogen and oxygen atoms in total. The van der Waals surface area contributed by atoms with E-state index >= 15 is 0 Å². The maximum atomic E-state index is 9.84. The van der Waals surface area contributed by atoms with Gasteiger partial charge in [-0.15, -0.1) is 0 Å². The molecule has 1 aliphatic rings. The number of pyridine rings is 1. The number of nitrogens with two attached hydrogens (primary N) is 1. The van der Waals surface area contributed by atoms with Gasteiger partial charge in [0, 0.05) is 18.7 Å². The summed E-state index contributed by atoms with van der Waals surface area (Å²) >= 11 is 0. The van der Waals surface area contributed by atoms with Crippen LogP contribution in [0.25, 0.3) is 0 Å². The molecule has 27 heavy (non-hydrogen) atoms. The maximum absolute atomic E-state index is 9.84. The van der Waals surface area contributed by atoms with Crippen molar-refractivity contribution < 1.29 is 4.74 Å². The predicted molar refractivity (Wildman–Crippen MR) is 99.6 cm³/mol. The SMILES string of the molecule is N#Cc1c(N)nc(N2CCOCC2)c(C#N)c1C(C#N)Cc1ccccc1. The van der Waals surface area contributed by atoms with Gasteiger partial charge in [-0.2, -0.15) is 15.8 Å². The van der Waals surface area contributed by atoms with Gasteiger partial charge in [-0.1, -0.05) is 30.3 Å². The van der Waals surface area contributed by atoms with Crippen molar-refractivity contribution in [2.24, 2.45) is 0 Å². The molecule has 0 spiro atoms. The summed E-state index contributed by atoms with van der Waals surface area (Å²) in [6.45, 7) is 2.19. The number of hydrogen-bond donors (Lipinski definition) is 1. The number of ether oxygens (including phenoxy) is 1. The van der Waals surface area contributed by atoms with Crippen LogP contribution in [0.5, 0.6) is 0 Å². The van der Waals surface area contributed by atoms with E-state index in [1.165, 1.54) is 0 Å². The summed E-state index contributed by atoms with van der Waals surface area (Å²) in [5, 5.41) is 29.3. The number of anilines is 2. The largest absolute Gasteiger partial charge is 0.383 e. The van der Waals surface area contributed by atoms with Crippen LogP contribution in [-0.4, -0.2) is 31.3 Å². The number of benzene rings is 1. The minimum atomic E-state index is -0.679. The average Bonchev–Trinajstić information content (AvgIpc) is 2.72. The number of hydrogen-bond acceptors (Lipinski definition) is 7. The van der Waals surface area contributed by atoms with Crippen LogP contribution in [0.3, 0.4) is 0 Å². The molecule has 1 unspecified atom stereocenters. The lowest BCUT2D eigenvalue weighted by molar-refractivity contribution is 0.122. The number of aromatic nitrogens is 1. The molecule has 1 atom stereocenters. The van der Waals surface area contributed by atoms with Gasteiger partial charge in [0.15, 0.2) is 0 Å². The highest BCUT2D eigenvalue weighted by molar-refractivity contribution is 5.70. The third-order valence-corrected chi connectivity index (χ3v) is 4.57. The van der Waals surface area contributed by atoms with E-state index in [2.05, 4.69) is 17.1 Å². The summed E-state index contributed by atoms with van der Waals surface area (Å²) in [6.07, 6.45) is 0.382. The molecule has 134 valence electrons. The van der Waals surface area contributed by atoms with Crippen molar-refractivity contribution in [3.8, 4) is 18.2 Å². The van der Waals surface area contributed by atoms with E-state index in [9.17, 15) is 15.8 Å². The Balaban J connectivity index is 2.14. The molecule has 2 aromatic rings. The van der Waals surface area contributed by atoms with E-state index in [1.54, 1.807) is 0 Å². The van der Waals surface area contributed by atoms with Crippen molar-refractivity contribution >= 4 is 11.6 Å². The zero-order valence-corrected chi connectivity index (χ0v) is 14.7. The summed E-state index contributed by atoms with van der Waals surface area (Å²) < 4.78 is 5.36. The van der Waals surface area contributed by atoms with Gasteiger partial charge in [0.1, 0.15) is 34.9 Å². The maximum Gasteiger partial charge on any atom is 0.149 e. The monoisotopic (exact) mass is 358 g/mol. The summed E-state index contributed by atoms with van der Waals surface area (Å²) in [4.78, 5) is 6.23. The molecule has 0 amide bonds. The van der Waals surface area contributed by atoms with Crippen LogP contribution in [0.1, 0.15) is 28.2 Å². The molecule has 0 aliphatic carbocycles. The van der Waals surface area contributed by atoms with Gasteiger partial charge in [0.2, 0.25) is 0 Å². The predicted octanol–water partition coefficient (Wildman–Crippen LogP) is 2.09. The normalized spacial score (nSPS) is 14.6. The molecule has 1 fully saturated rings. The van der Waals surface area contributed by atoms with E-state index in [0.717, 1.165) is 5.56 Å². The van der Waals surface area contributed by atoms with Crippen LogP contribution in [0, 0.1) is 34.0 Å². The van der Waals surface area contributed by atoms with E-state index in [4.69, 9.17) is 10.5 Å². The van der Waals surface area contributed by atoms with Crippen LogP contribution in [-0.2, 0) is 11.2 Å². The summed E-state index contributed by atoms with van der Waals surface area (Å²) in [5.41, 5.74) is 7.69. The highest BCUT2D eigenvalue weighted by Crippen LogP contribution is 2.34. The fourth-order valence-electron chi connectivity index (χ4n) is 3.25. The summed E-state index contributed by atoms with van der Waals surface area (Å²) in [6, 6.07) is 15.9. The number of nitrogen functional groups attached to an aromatic ring is 1.